The maximum atomic E-state index is 10.4. The molecule has 158 valence electrons. The van der Waals surface area contributed by atoms with Gasteiger partial charge in [0.15, 0.2) is 17.1 Å². The van der Waals surface area contributed by atoms with Crippen LogP contribution in [0.2, 0.25) is 0 Å². The standard InChI is InChI=1S/C26H19BrN2O3/c1-2-31-24-13-20(27)12-19(25(24)30)15-28-21-9-10-23-22(14-21)29-26(32-23)18-8-7-16-5-3-4-6-17(16)11-18/h3-15,30H,2H2,1H3. The lowest BCUT2D eigenvalue weighted by atomic mass is 10.1. The Morgan fingerprint density at radius 1 is 1.03 bits per heavy atom. The van der Waals surface area contributed by atoms with E-state index in [0.29, 0.717) is 35.1 Å². The van der Waals surface area contributed by atoms with Gasteiger partial charge >= 0.3 is 0 Å². The summed E-state index contributed by atoms with van der Waals surface area (Å²) in [4.78, 5) is 9.17. The van der Waals surface area contributed by atoms with Crippen molar-refractivity contribution in [2.75, 3.05) is 6.61 Å². The molecule has 5 aromatic rings. The molecule has 0 saturated heterocycles. The Morgan fingerprint density at radius 3 is 2.72 bits per heavy atom. The van der Waals surface area contributed by atoms with E-state index in [-0.39, 0.29) is 5.75 Å². The monoisotopic (exact) mass is 486 g/mol. The molecule has 0 aliphatic carbocycles. The first-order chi connectivity index (χ1) is 15.6. The van der Waals surface area contributed by atoms with Crippen LogP contribution in [0.1, 0.15) is 12.5 Å². The number of benzene rings is 4. The molecule has 1 heterocycles. The van der Waals surface area contributed by atoms with Gasteiger partial charge in [-0.15, -0.1) is 0 Å². The predicted octanol–water partition coefficient (Wildman–Crippen LogP) is 7.27. The van der Waals surface area contributed by atoms with Gasteiger partial charge in [0.1, 0.15) is 5.52 Å². The van der Waals surface area contributed by atoms with Crippen molar-refractivity contribution in [2.24, 2.45) is 4.99 Å². The molecule has 0 fully saturated rings. The molecule has 0 atom stereocenters. The first kappa shape index (κ1) is 20.3. The molecule has 0 aliphatic heterocycles. The summed E-state index contributed by atoms with van der Waals surface area (Å²) in [5.74, 6) is 1.04. The first-order valence-electron chi connectivity index (χ1n) is 10.2. The number of halogens is 1. The van der Waals surface area contributed by atoms with Crippen LogP contribution in [0.4, 0.5) is 5.69 Å². The minimum absolute atomic E-state index is 0.0555. The van der Waals surface area contributed by atoms with Gasteiger partial charge in [-0.3, -0.25) is 4.99 Å². The molecule has 5 rings (SSSR count). The van der Waals surface area contributed by atoms with Gasteiger partial charge in [0.2, 0.25) is 5.89 Å². The maximum absolute atomic E-state index is 10.4. The van der Waals surface area contributed by atoms with E-state index in [1.165, 1.54) is 5.39 Å². The van der Waals surface area contributed by atoms with Crippen LogP contribution in [0.3, 0.4) is 0 Å². The fraction of sp³-hybridized carbons (Fsp3) is 0.0769. The van der Waals surface area contributed by atoms with Crippen LogP contribution in [-0.4, -0.2) is 22.9 Å². The van der Waals surface area contributed by atoms with Gasteiger partial charge in [-0.05, 0) is 60.2 Å². The maximum Gasteiger partial charge on any atom is 0.227 e. The molecule has 1 aromatic heterocycles. The van der Waals surface area contributed by atoms with Crippen LogP contribution in [0.5, 0.6) is 11.5 Å². The summed E-state index contributed by atoms with van der Waals surface area (Å²) in [7, 11) is 0. The number of ether oxygens (including phenoxy) is 1. The summed E-state index contributed by atoms with van der Waals surface area (Å²) < 4.78 is 12.2. The van der Waals surface area contributed by atoms with E-state index in [2.05, 4.69) is 50.2 Å². The van der Waals surface area contributed by atoms with E-state index < -0.39 is 0 Å². The number of oxazole rings is 1. The van der Waals surface area contributed by atoms with Crippen LogP contribution in [0, 0.1) is 0 Å². The molecule has 1 N–H and O–H groups in total. The Bertz CT molecular complexity index is 1470. The minimum atomic E-state index is 0.0555. The number of hydrogen-bond acceptors (Lipinski definition) is 5. The fourth-order valence-electron chi connectivity index (χ4n) is 3.54. The van der Waals surface area contributed by atoms with Crippen LogP contribution in [0.15, 0.2) is 86.7 Å². The number of hydrogen-bond donors (Lipinski definition) is 1. The van der Waals surface area contributed by atoms with Crippen LogP contribution >= 0.6 is 15.9 Å². The highest BCUT2D eigenvalue weighted by molar-refractivity contribution is 9.10. The van der Waals surface area contributed by atoms with Gasteiger partial charge in [0.05, 0.1) is 12.3 Å². The summed E-state index contributed by atoms with van der Waals surface area (Å²) in [5, 5.41) is 12.7. The highest BCUT2D eigenvalue weighted by atomic mass is 79.9. The lowest BCUT2D eigenvalue weighted by molar-refractivity contribution is 0.317. The number of aromatic nitrogens is 1. The van der Waals surface area contributed by atoms with Crippen molar-refractivity contribution in [1.82, 2.24) is 4.98 Å². The van der Waals surface area contributed by atoms with E-state index in [0.717, 1.165) is 20.9 Å². The van der Waals surface area contributed by atoms with Crippen molar-refractivity contribution in [3.63, 3.8) is 0 Å². The molecule has 4 aromatic carbocycles. The zero-order chi connectivity index (χ0) is 22.1. The number of fused-ring (bicyclic) bond motifs is 2. The Hall–Kier alpha value is -3.64. The average Bonchev–Trinajstić information content (AvgIpc) is 3.23. The molecule has 5 nitrogen and oxygen atoms in total. The zero-order valence-corrected chi connectivity index (χ0v) is 18.8. The fourth-order valence-corrected chi connectivity index (χ4v) is 4.00. The number of aromatic hydroxyl groups is 1. The van der Waals surface area contributed by atoms with Crippen LogP contribution in [0.25, 0.3) is 33.3 Å². The van der Waals surface area contributed by atoms with Gasteiger partial charge in [-0.1, -0.05) is 46.3 Å². The second kappa shape index (κ2) is 8.48. The highest BCUT2D eigenvalue weighted by Gasteiger charge is 2.11. The van der Waals surface area contributed by atoms with Crippen LogP contribution < -0.4 is 4.74 Å². The Kier molecular flexibility index (Phi) is 5.37. The molecule has 0 unspecified atom stereocenters. The molecule has 0 bridgehead atoms. The third kappa shape index (κ3) is 3.97. The number of nitrogens with zero attached hydrogens (tertiary/aromatic N) is 2. The van der Waals surface area contributed by atoms with E-state index >= 15 is 0 Å². The summed E-state index contributed by atoms with van der Waals surface area (Å²) in [6, 6.07) is 23.4. The van der Waals surface area contributed by atoms with Crippen molar-refractivity contribution in [3.05, 3.63) is 82.8 Å². The van der Waals surface area contributed by atoms with E-state index in [1.807, 2.05) is 43.3 Å². The SMILES string of the molecule is CCOc1cc(Br)cc(C=Nc2ccc3oc(-c4ccc5ccccc5c4)nc3c2)c1O. The topological polar surface area (TPSA) is 67.9 Å². The Morgan fingerprint density at radius 2 is 1.88 bits per heavy atom. The van der Waals surface area contributed by atoms with Crippen molar-refractivity contribution in [1.29, 1.82) is 0 Å². The molecule has 6 heteroatoms. The summed E-state index contributed by atoms with van der Waals surface area (Å²) in [6.45, 7) is 2.33. The van der Waals surface area contributed by atoms with Crippen molar-refractivity contribution in [2.45, 2.75) is 6.92 Å². The smallest absolute Gasteiger partial charge is 0.227 e. The normalized spacial score (nSPS) is 11.6. The van der Waals surface area contributed by atoms with E-state index in [1.54, 1.807) is 18.3 Å². The molecule has 0 saturated carbocycles. The molecule has 0 aliphatic rings. The minimum Gasteiger partial charge on any atom is -0.504 e. The molecule has 32 heavy (non-hydrogen) atoms. The molecule has 0 amide bonds. The number of phenolic OH excluding ortho intramolecular Hbond substituents is 1. The zero-order valence-electron chi connectivity index (χ0n) is 17.2. The molecule has 0 radical (unpaired) electrons. The highest BCUT2D eigenvalue weighted by Crippen LogP contribution is 2.34. The average molecular weight is 487 g/mol. The van der Waals surface area contributed by atoms with Crippen LogP contribution in [-0.2, 0) is 0 Å². The summed E-state index contributed by atoms with van der Waals surface area (Å²) in [6.07, 6.45) is 1.61. The number of rotatable bonds is 5. The van der Waals surface area contributed by atoms with Gasteiger partial charge in [-0.25, -0.2) is 4.98 Å². The lowest BCUT2D eigenvalue weighted by Gasteiger charge is -2.08. The lowest BCUT2D eigenvalue weighted by Crippen LogP contribution is -1.94. The predicted molar refractivity (Wildman–Crippen MR) is 131 cm³/mol. The third-order valence-corrected chi connectivity index (χ3v) is 5.55. The molecular weight excluding hydrogens is 468 g/mol. The first-order valence-corrected chi connectivity index (χ1v) is 11.0. The van der Waals surface area contributed by atoms with Crippen molar-refractivity contribution in [3.8, 4) is 23.0 Å². The van der Waals surface area contributed by atoms with Crippen molar-refractivity contribution >= 4 is 49.7 Å². The van der Waals surface area contributed by atoms with Gasteiger partial charge in [-0.2, -0.15) is 0 Å². The van der Waals surface area contributed by atoms with Gasteiger partial charge in [0, 0.05) is 21.8 Å². The third-order valence-electron chi connectivity index (χ3n) is 5.09. The summed E-state index contributed by atoms with van der Waals surface area (Å²) >= 11 is 3.44. The van der Waals surface area contributed by atoms with Gasteiger partial charge in [0.25, 0.3) is 0 Å². The summed E-state index contributed by atoms with van der Waals surface area (Å²) in [5.41, 5.74) is 3.59. The second-order valence-corrected chi connectivity index (χ2v) is 8.18. The molecule has 0 spiro atoms. The van der Waals surface area contributed by atoms with E-state index in [4.69, 9.17) is 9.15 Å². The second-order valence-electron chi connectivity index (χ2n) is 7.27. The van der Waals surface area contributed by atoms with Crippen molar-refractivity contribution < 1.29 is 14.3 Å². The largest absolute Gasteiger partial charge is 0.504 e. The Labute approximate surface area is 193 Å². The number of phenols is 1. The number of aliphatic imine (C=N–C) groups is 1. The Balaban J connectivity index is 1.47. The quantitative estimate of drug-likeness (QED) is 0.265. The molecular formula is C26H19BrN2O3. The van der Waals surface area contributed by atoms with E-state index in [9.17, 15) is 5.11 Å². The van der Waals surface area contributed by atoms with Gasteiger partial charge < -0.3 is 14.3 Å².